The van der Waals surface area contributed by atoms with Crippen molar-refractivity contribution in [1.29, 1.82) is 0 Å². The van der Waals surface area contributed by atoms with E-state index in [4.69, 9.17) is 0 Å². The van der Waals surface area contributed by atoms with E-state index < -0.39 is 17.6 Å². The Labute approximate surface area is 176 Å². The third-order valence-corrected chi connectivity index (χ3v) is 5.19. The van der Waals surface area contributed by atoms with Gasteiger partial charge in [0.15, 0.2) is 5.82 Å². The van der Waals surface area contributed by atoms with E-state index in [1.165, 1.54) is 0 Å². The molecule has 1 aliphatic rings. The molecule has 5 nitrogen and oxygen atoms in total. The molecule has 0 amide bonds. The van der Waals surface area contributed by atoms with Crippen molar-refractivity contribution in [3.63, 3.8) is 0 Å². The van der Waals surface area contributed by atoms with Crippen molar-refractivity contribution in [3.8, 4) is 11.4 Å². The number of hydrogen-bond acceptors (Lipinski definition) is 5. The zero-order valence-electron chi connectivity index (χ0n) is 16.8. The molecule has 3 aromatic rings. The number of guanidine groups is 1. The first kappa shape index (κ1) is 20.9. The molecule has 1 aromatic heterocycles. The Bertz CT molecular complexity index is 1200. The van der Waals surface area contributed by atoms with E-state index in [0.29, 0.717) is 29.5 Å². The summed E-state index contributed by atoms with van der Waals surface area (Å²) in [6, 6.07) is 9.38. The molecule has 1 N–H and O–H groups in total. The number of nitrogens with zero attached hydrogens (tertiary/aromatic N) is 4. The van der Waals surface area contributed by atoms with Crippen molar-refractivity contribution in [2.75, 3.05) is 11.9 Å². The first-order valence-corrected chi connectivity index (χ1v) is 9.77. The summed E-state index contributed by atoms with van der Waals surface area (Å²) < 4.78 is 54.2. The van der Waals surface area contributed by atoms with E-state index in [1.807, 2.05) is 6.92 Å². The summed E-state index contributed by atoms with van der Waals surface area (Å²) in [6.07, 6.45) is -3.85. The molecule has 0 aliphatic carbocycles. The number of nitrogens with one attached hydrogen (secondary N) is 1. The van der Waals surface area contributed by atoms with E-state index in [2.05, 4.69) is 32.2 Å². The van der Waals surface area contributed by atoms with Gasteiger partial charge in [0.1, 0.15) is 11.6 Å². The summed E-state index contributed by atoms with van der Waals surface area (Å²) in [4.78, 5) is 17.5. The highest BCUT2D eigenvalue weighted by atomic mass is 19.4. The third kappa shape index (κ3) is 4.26. The Morgan fingerprint density at radius 2 is 1.87 bits per heavy atom. The van der Waals surface area contributed by atoms with Crippen molar-refractivity contribution in [1.82, 2.24) is 9.97 Å². The molecule has 0 saturated heterocycles. The summed E-state index contributed by atoms with van der Waals surface area (Å²) in [5, 5.41) is 3.64. The van der Waals surface area contributed by atoms with Crippen molar-refractivity contribution in [2.45, 2.75) is 26.4 Å². The number of fused-ring (bicyclic) bond motifs is 1. The number of anilines is 1. The van der Waals surface area contributed by atoms with Crippen LogP contribution in [0.25, 0.3) is 22.3 Å². The topological polar surface area (TPSA) is 62.5 Å². The van der Waals surface area contributed by atoms with Crippen molar-refractivity contribution in [3.05, 3.63) is 53.8 Å². The van der Waals surface area contributed by atoms with E-state index >= 15 is 0 Å². The van der Waals surface area contributed by atoms with Gasteiger partial charge < -0.3 is 5.32 Å². The van der Waals surface area contributed by atoms with Gasteiger partial charge in [-0.25, -0.2) is 19.4 Å². The van der Waals surface area contributed by atoms with Crippen LogP contribution in [0.3, 0.4) is 0 Å². The lowest BCUT2D eigenvalue weighted by Crippen LogP contribution is -2.25. The smallest absolute Gasteiger partial charge is 0.308 e. The number of aromatic nitrogens is 2. The first-order chi connectivity index (χ1) is 14.8. The zero-order valence-corrected chi connectivity index (χ0v) is 16.8. The molecule has 1 aliphatic heterocycles. The fraction of sp³-hybridized carbons (Fsp3) is 0.273. The average Bonchev–Trinajstić information content (AvgIpc) is 2.73. The normalized spacial score (nSPS) is 16.8. The maximum atomic E-state index is 13.5. The van der Waals surface area contributed by atoms with Gasteiger partial charge >= 0.3 is 6.18 Å². The number of rotatable bonds is 3. The van der Waals surface area contributed by atoms with E-state index in [1.54, 1.807) is 24.3 Å². The van der Waals surface area contributed by atoms with Gasteiger partial charge in [-0.05, 0) is 43.7 Å². The van der Waals surface area contributed by atoms with Crippen LogP contribution in [0.1, 0.15) is 25.8 Å². The van der Waals surface area contributed by atoms with Gasteiger partial charge in [-0.2, -0.15) is 13.2 Å². The van der Waals surface area contributed by atoms with Gasteiger partial charge in [0.05, 0.1) is 17.6 Å². The molecule has 2 aromatic carbocycles. The van der Waals surface area contributed by atoms with Crippen LogP contribution in [-0.2, 0) is 6.18 Å². The number of aliphatic imine (C=N–C) groups is 2. The van der Waals surface area contributed by atoms with E-state index in [-0.39, 0.29) is 23.1 Å². The van der Waals surface area contributed by atoms with Gasteiger partial charge in [0.25, 0.3) is 0 Å². The van der Waals surface area contributed by atoms with Crippen LogP contribution in [0.2, 0.25) is 0 Å². The Balaban J connectivity index is 1.83. The highest BCUT2D eigenvalue weighted by molar-refractivity contribution is 6.07. The number of benzene rings is 2. The van der Waals surface area contributed by atoms with Crippen LogP contribution in [-0.4, -0.2) is 28.2 Å². The molecule has 160 valence electrons. The quantitative estimate of drug-likeness (QED) is 0.542. The number of hydrogen-bond donors (Lipinski definition) is 1. The zero-order chi connectivity index (χ0) is 22.2. The van der Waals surface area contributed by atoms with Crippen LogP contribution < -0.4 is 5.32 Å². The molecular weight excluding hydrogens is 410 g/mol. The average molecular weight is 429 g/mol. The predicted octanol–water partition coefficient (Wildman–Crippen LogP) is 5.72. The second-order valence-corrected chi connectivity index (χ2v) is 7.25. The van der Waals surface area contributed by atoms with E-state index in [9.17, 15) is 17.6 Å². The maximum Gasteiger partial charge on any atom is 0.417 e. The predicted molar refractivity (Wildman–Crippen MR) is 113 cm³/mol. The lowest BCUT2D eigenvalue weighted by atomic mass is 10.0. The maximum absolute atomic E-state index is 13.5. The minimum absolute atomic E-state index is 0.169. The molecule has 0 saturated carbocycles. The van der Waals surface area contributed by atoms with Crippen molar-refractivity contribution in [2.24, 2.45) is 15.9 Å². The molecule has 0 radical (unpaired) electrons. The summed E-state index contributed by atoms with van der Waals surface area (Å²) in [5.41, 5.74) is -0.0742. The molecule has 1 atom stereocenters. The second-order valence-electron chi connectivity index (χ2n) is 7.25. The Morgan fingerprint density at radius 3 is 2.58 bits per heavy atom. The summed E-state index contributed by atoms with van der Waals surface area (Å²) >= 11 is 0. The van der Waals surface area contributed by atoms with Gasteiger partial charge in [-0.15, -0.1) is 0 Å². The standard InChI is InChI=1S/C22H19F4N5/c1-3-13-11-27-21(28-12(13)2)31-20-16-6-4-5-7-18(16)29-19(30-20)15-9-8-14(23)10-17(15)22(24,25)26/h4-10,13H,3,11H2,1-2H3,(H,27,29,30,31). The fourth-order valence-corrected chi connectivity index (χ4v) is 3.46. The molecular formula is C22H19F4N5. The minimum atomic E-state index is -4.76. The Morgan fingerprint density at radius 1 is 1.10 bits per heavy atom. The Kier molecular flexibility index (Phi) is 5.43. The molecule has 1 unspecified atom stereocenters. The molecule has 2 heterocycles. The SMILES string of the molecule is CCC1CN=C(Nc2nc(-c3ccc(F)cc3C(F)(F)F)nc3ccccc23)N=C1C. The fourth-order valence-electron chi connectivity index (χ4n) is 3.46. The van der Waals surface area contributed by atoms with Crippen LogP contribution in [0.5, 0.6) is 0 Å². The van der Waals surface area contributed by atoms with Crippen LogP contribution in [0.15, 0.2) is 52.4 Å². The monoisotopic (exact) mass is 429 g/mol. The summed E-state index contributed by atoms with van der Waals surface area (Å²) in [7, 11) is 0. The van der Waals surface area contributed by atoms with Gasteiger partial charge in [-0.3, -0.25) is 4.99 Å². The molecule has 0 spiro atoms. The highest BCUT2D eigenvalue weighted by Gasteiger charge is 2.35. The summed E-state index contributed by atoms with van der Waals surface area (Å²) in [5.74, 6) is -0.272. The van der Waals surface area contributed by atoms with Gasteiger partial charge in [0, 0.05) is 22.6 Å². The lowest BCUT2D eigenvalue weighted by Gasteiger charge is -2.19. The largest absolute Gasteiger partial charge is 0.417 e. The minimum Gasteiger partial charge on any atom is -0.308 e. The third-order valence-electron chi connectivity index (χ3n) is 5.19. The number of halogens is 4. The number of alkyl halides is 3. The van der Waals surface area contributed by atoms with Crippen LogP contribution >= 0.6 is 0 Å². The van der Waals surface area contributed by atoms with Gasteiger partial charge in [0.2, 0.25) is 5.96 Å². The van der Waals surface area contributed by atoms with E-state index in [0.717, 1.165) is 24.3 Å². The summed E-state index contributed by atoms with van der Waals surface area (Å²) in [6.45, 7) is 4.55. The van der Waals surface area contributed by atoms with Gasteiger partial charge in [-0.1, -0.05) is 19.1 Å². The molecule has 9 heteroatoms. The molecule has 31 heavy (non-hydrogen) atoms. The molecule has 4 rings (SSSR count). The highest BCUT2D eigenvalue weighted by Crippen LogP contribution is 2.37. The second kappa shape index (κ2) is 8.05. The van der Waals surface area contributed by atoms with Crippen molar-refractivity contribution >= 4 is 28.4 Å². The van der Waals surface area contributed by atoms with Crippen molar-refractivity contribution < 1.29 is 17.6 Å². The number of para-hydroxylation sites is 1. The Hall–Kier alpha value is -3.36. The molecule has 0 fully saturated rings. The molecule has 0 bridgehead atoms. The van der Waals surface area contributed by atoms with Crippen LogP contribution in [0, 0.1) is 11.7 Å². The van der Waals surface area contributed by atoms with Crippen LogP contribution in [0.4, 0.5) is 23.4 Å². The first-order valence-electron chi connectivity index (χ1n) is 9.77. The lowest BCUT2D eigenvalue weighted by molar-refractivity contribution is -0.137.